The molecule has 1 aromatic carbocycles. The molecule has 0 saturated heterocycles. The third-order valence-electron chi connectivity index (χ3n) is 4.67. The van der Waals surface area contributed by atoms with Gasteiger partial charge in [0.1, 0.15) is 0 Å². The van der Waals surface area contributed by atoms with Crippen molar-refractivity contribution in [1.29, 1.82) is 0 Å². The van der Waals surface area contributed by atoms with E-state index in [9.17, 15) is 4.79 Å². The van der Waals surface area contributed by atoms with Gasteiger partial charge >= 0.3 is 0 Å². The Labute approximate surface area is 139 Å². The number of aryl methyl sites for hydroxylation is 2. The molecule has 0 radical (unpaired) electrons. The molecule has 118 valence electrons. The third kappa shape index (κ3) is 2.50. The molecule has 0 unspecified atom stereocenters. The van der Waals surface area contributed by atoms with E-state index in [1.54, 1.807) is 10.5 Å². The molecule has 0 N–H and O–H groups in total. The van der Waals surface area contributed by atoms with Gasteiger partial charge in [-0.25, -0.2) is 4.98 Å². The maximum atomic E-state index is 12.3. The van der Waals surface area contributed by atoms with Gasteiger partial charge in [0, 0.05) is 29.7 Å². The molecule has 0 spiro atoms. The standard InChI is InChI=1S/C18H19N3OS/c1-12-11-23-18-19-14(9-17(22)21(12)18)10-20(2)16-8-7-13-5-3-4-6-15(13)16/h3-6,9,11,16H,7-8,10H2,1-2H3/t16-/m1/s1. The monoisotopic (exact) mass is 325 g/mol. The molecule has 5 heteroatoms. The summed E-state index contributed by atoms with van der Waals surface area (Å²) >= 11 is 1.52. The fraction of sp³-hybridized carbons (Fsp3) is 0.333. The zero-order valence-electron chi connectivity index (χ0n) is 13.3. The molecule has 0 fully saturated rings. The Balaban J connectivity index is 1.62. The third-order valence-corrected chi connectivity index (χ3v) is 5.62. The lowest BCUT2D eigenvalue weighted by atomic mass is 10.1. The Morgan fingerprint density at radius 1 is 1.39 bits per heavy atom. The molecular formula is C18H19N3OS. The van der Waals surface area contributed by atoms with Gasteiger partial charge in [-0.3, -0.25) is 14.1 Å². The Kier molecular flexibility index (Phi) is 3.54. The van der Waals surface area contributed by atoms with E-state index < -0.39 is 0 Å². The Morgan fingerprint density at radius 2 is 2.22 bits per heavy atom. The number of rotatable bonds is 3. The Bertz CT molecular complexity index is 927. The first-order chi connectivity index (χ1) is 11.1. The molecule has 2 aromatic heterocycles. The molecule has 4 nitrogen and oxygen atoms in total. The molecule has 0 bridgehead atoms. The summed E-state index contributed by atoms with van der Waals surface area (Å²) in [5, 5.41) is 1.98. The van der Waals surface area contributed by atoms with Gasteiger partial charge in [0.05, 0.1) is 5.69 Å². The Morgan fingerprint density at radius 3 is 3.09 bits per heavy atom. The summed E-state index contributed by atoms with van der Waals surface area (Å²) in [7, 11) is 2.12. The normalized spacial score (nSPS) is 17.1. The van der Waals surface area contributed by atoms with Gasteiger partial charge in [-0.2, -0.15) is 0 Å². The number of aromatic nitrogens is 2. The van der Waals surface area contributed by atoms with Crippen LogP contribution in [0.15, 0.2) is 40.5 Å². The molecular weight excluding hydrogens is 306 g/mol. The highest BCUT2D eigenvalue weighted by atomic mass is 32.1. The lowest BCUT2D eigenvalue weighted by molar-refractivity contribution is 0.233. The summed E-state index contributed by atoms with van der Waals surface area (Å²) in [6.45, 7) is 2.63. The van der Waals surface area contributed by atoms with E-state index in [0.29, 0.717) is 12.6 Å². The molecule has 1 atom stereocenters. The largest absolute Gasteiger partial charge is 0.294 e. The zero-order chi connectivity index (χ0) is 16.0. The molecule has 3 aromatic rings. The molecule has 1 aliphatic rings. The van der Waals surface area contributed by atoms with Crippen molar-refractivity contribution in [3.05, 3.63) is 68.6 Å². The van der Waals surface area contributed by atoms with Crippen LogP contribution in [0.5, 0.6) is 0 Å². The van der Waals surface area contributed by atoms with Gasteiger partial charge < -0.3 is 0 Å². The van der Waals surface area contributed by atoms with Crippen LogP contribution in [0.2, 0.25) is 0 Å². The number of hydrogen-bond acceptors (Lipinski definition) is 4. The number of thiazole rings is 1. The van der Waals surface area contributed by atoms with E-state index in [1.165, 1.54) is 22.5 Å². The summed E-state index contributed by atoms with van der Waals surface area (Å²) in [5.41, 5.74) is 4.68. The second-order valence-electron chi connectivity index (χ2n) is 6.25. The zero-order valence-corrected chi connectivity index (χ0v) is 14.1. The summed E-state index contributed by atoms with van der Waals surface area (Å²) in [5.74, 6) is 0. The highest BCUT2D eigenvalue weighted by molar-refractivity contribution is 7.15. The first-order valence-electron chi connectivity index (χ1n) is 7.88. The van der Waals surface area contributed by atoms with Crippen molar-refractivity contribution < 1.29 is 0 Å². The van der Waals surface area contributed by atoms with Gasteiger partial charge in [0.25, 0.3) is 5.56 Å². The second-order valence-corrected chi connectivity index (χ2v) is 7.09. The van der Waals surface area contributed by atoms with Crippen LogP contribution in [0.3, 0.4) is 0 Å². The fourth-order valence-corrected chi connectivity index (χ4v) is 4.43. The summed E-state index contributed by atoms with van der Waals surface area (Å²) in [6, 6.07) is 10.7. The summed E-state index contributed by atoms with van der Waals surface area (Å²) in [4.78, 5) is 20.1. The molecule has 4 rings (SSSR count). The van der Waals surface area contributed by atoms with E-state index in [4.69, 9.17) is 0 Å². The van der Waals surface area contributed by atoms with Gasteiger partial charge in [-0.15, -0.1) is 11.3 Å². The number of hydrogen-bond donors (Lipinski definition) is 0. The minimum atomic E-state index is 0.0176. The average molecular weight is 325 g/mol. The van der Waals surface area contributed by atoms with E-state index in [2.05, 4.69) is 41.2 Å². The lowest BCUT2D eigenvalue weighted by Crippen LogP contribution is -2.25. The van der Waals surface area contributed by atoms with Crippen molar-refractivity contribution in [3.63, 3.8) is 0 Å². The van der Waals surface area contributed by atoms with Gasteiger partial charge in [-0.05, 0) is 37.9 Å². The molecule has 0 aliphatic heterocycles. The van der Waals surface area contributed by atoms with Crippen LogP contribution in [0.1, 0.15) is 35.0 Å². The predicted octanol–water partition coefficient (Wildman–Crippen LogP) is 3.18. The van der Waals surface area contributed by atoms with Gasteiger partial charge in [0.2, 0.25) is 0 Å². The van der Waals surface area contributed by atoms with Crippen molar-refractivity contribution in [2.75, 3.05) is 7.05 Å². The van der Waals surface area contributed by atoms with Crippen LogP contribution in [-0.2, 0) is 13.0 Å². The average Bonchev–Trinajstić information content (AvgIpc) is 3.11. The number of nitrogens with zero attached hydrogens (tertiary/aromatic N) is 3. The maximum absolute atomic E-state index is 12.3. The summed E-state index contributed by atoms with van der Waals surface area (Å²) < 4.78 is 1.68. The van der Waals surface area contributed by atoms with Crippen LogP contribution in [-0.4, -0.2) is 21.3 Å². The molecule has 2 heterocycles. The molecule has 0 saturated carbocycles. The van der Waals surface area contributed by atoms with Crippen molar-refractivity contribution >= 4 is 16.3 Å². The second kappa shape index (κ2) is 5.58. The first kappa shape index (κ1) is 14.6. The van der Waals surface area contributed by atoms with Gasteiger partial charge in [0.15, 0.2) is 4.96 Å². The summed E-state index contributed by atoms with van der Waals surface area (Å²) in [6.07, 6.45) is 2.26. The topological polar surface area (TPSA) is 37.6 Å². The van der Waals surface area contributed by atoms with E-state index in [1.807, 2.05) is 12.3 Å². The van der Waals surface area contributed by atoms with Crippen LogP contribution < -0.4 is 5.56 Å². The van der Waals surface area contributed by atoms with Crippen LogP contribution >= 0.6 is 11.3 Å². The first-order valence-corrected chi connectivity index (χ1v) is 8.76. The maximum Gasteiger partial charge on any atom is 0.259 e. The smallest absolute Gasteiger partial charge is 0.259 e. The van der Waals surface area contributed by atoms with Crippen molar-refractivity contribution in [2.24, 2.45) is 0 Å². The molecule has 0 amide bonds. The molecule has 1 aliphatic carbocycles. The van der Waals surface area contributed by atoms with Crippen LogP contribution in [0, 0.1) is 6.92 Å². The fourth-order valence-electron chi connectivity index (χ4n) is 3.54. The quantitative estimate of drug-likeness (QED) is 0.742. The van der Waals surface area contributed by atoms with Crippen molar-refractivity contribution in [2.45, 2.75) is 32.4 Å². The minimum absolute atomic E-state index is 0.0176. The van der Waals surface area contributed by atoms with E-state index in [-0.39, 0.29) is 5.56 Å². The number of benzene rings is 1. The highest BCUT2D eigenvalue weighted by Gasteiger charge is 2.25. The predicted molar refractivity (Wildman–Crippen MR) is 93.0 cm³/mol. The minimum Gasteiger partial charge on any atom is -0.294 e. The van der Waals surface area contributed by atoms with Crippen molar-refractivity contribution in [3.8, 4) is 0 Å². The van der Waals surface area contributed by atoms with Crippen molar-refractivity contribution in [1.82, 2.24) is 14.3 Å². The SMILES string of the molecule is Cc1csc2nc(CN(C)[C@@H]3CCc4ccccc43)cc(=O)n12. The highest BCUT2D eigenvalue weighted by Crippen LogP contribution is 2.35. The number of fused-ring (bicyclic) bond motifs is 2. The van der Waals surface area contributed by atoms with Crippen LogP contribution in [0.4, 0.5) is 0 Å². The van der Waals surface area contributed by atoms with E-state index in [0.717, 1.165) is 29.2 Å². The van der Waals surface area contributed by atoms with Crippen LogP contribution in [0.25, 0.3) is 4.96 Å². The van der Waals surface area contributed by atoms with E-state index >= 15 is 0 Å². The Hall–Kier alpha value is -1.98. The lowest BCUT2D eigenvalue weighted by Gasteiger charge is -2.24. The van der Waals surface area contributed by atoms with Gasteiger partial charge in [-0.1, -0.05) is 24.3 Å². The molecule has 23 heavy (non-hydrogen) atoms.